The highest BCUT2D eigenvalue weighted by atomic mass is 32.2. The molecule has 0 radical (unpaired) electrons. The van der Waals surface area contributed by atoms with E-state index in [1.165, 1.54) is 6.40 Å². The Labute approximate surface area is 60.6 Å². The van der Waals surface area contributed by atoms with Gasteiger partial charge in [-0.25, -0.2) is 9.20 Å². The molecule has 4 heteroatoms. The molecule has 0 spiro atoms. The minimum atomic E-state index is -1.02. The van der Waals surface area contributed by atoms with Crippen molar-refractivity contribution >= 4 is 17.2 Å². The lowest BCUT2D eigenvalue weighted by Gasteiger charge is -2.05. The first-order valence-electron chi connectivity index (χ1n) is 2.84. The van der Waals surface area contributed by atoms with E-state index in [2.05, 4.69) is 4.99 Å². The zero-order chi connectivity index (χ0) is 6.97. The summed E-state index contributed by atoms with van der Waals surface area (Å²) in [7, 11) is -1.02. The van der Waals surface area contributed by atoms with E-state index in [4.69, 9.17) is 4.74 Å². The van der Waals surface area contributed by atoms with Crippen LogP contribution in [-0.4, -0.2) is 17.2 Å². The Morgan fingerprint density at radius 3 is 3.40 bits per heavy atom. The van der Waals surface area contributed by atoms with E-state index in [1.54, 1.807) is 11.5 Å². The van der Waals surface area contributed by atoms with Crippen LogP contribution in [0.2, 0.25) is 0 Å². The first kappa shape index (κ1) is 5.85. The Bertz CT molecular complexity index is 277. The number of hydrogen-bond donors (Lipinski definition) is 0. The minimum absolute atomic E-state index is 0.501. The Kier molecular flexibility index (Phi) is 1.20. The van der Waals surface area contributed by atoms with E-state index in [-0.39, 0.29) is 0 Å². The zero-order valence-electron chi connectivity index (χ0n) is 5.11. The van der Waals surface area contributed by atoms with Gasteiger partial charge in [-0.15, -0.1) is 0 Å². The van der Waals surface area contributed by atoms with E-state index in [1.807, 2.05) is 0 Å². The lowest BCUT2D eigenvalue weighted by atomic mass is 10.3. The fourth-order valence-electron chi connectivity index (χ4n) is 0.866. The molecule has 0 aromatic heterocycles. The van der Waals surface area contributed by atoms with Crippen molar-refractivity contribution in [1.82, 2.24) is 0 Å². The van der Waals surface area contributed by atoms with E-state index in [0.717, 1.165) is 5.57 Å². The fourth-order valence-corrected chi connectivity index (χ4v) is 1.81. The van der Waals surface area contributed by atoms with Gasteiger partial charge in [0, 0.05) is 11.0 Å². The van der Waals surface area contributed by atoms with E-state index < -0.39 is 10.8 Å². The highest BCUT2D eigenvalue weighted by molar-refractivity contribution is 7.92. The van der Waals surface area contributed by atoms with E-state index >= 15 is 0 Å². The molecule has 0 aliphatic carbocycles. The van der Waals surface area contributed by atoms with Crippen LogP contribution >= 0.6 is 0 Å². The maximum atomic E-state index is 11.0. The molecule has 0 fully saturated rings. The quantitative estimate of drug-likeness (QED) is 0.512. The SMILES string of the molecule is O=S1C=CC2=C1N=COC2. The first-order valence-corrected chi connectivity index (χ1v) is 4.05. The predicted molar refractivity (Wildman–Crippen MR) is 38.8 cm³/mol. The third kappa shape index (κ3) is 0.724. The highest BCUT2D eigenvalue weighted by Gasteiger charge is 2.17. The first-order chi connectivity index (χ1) is 4.88. The van der Waals surface area contributed by atoms with Crippen molar-refractivity contribution in [3.05, 3.63) is 22.1 Å². The summed E-state index contributed by atoms with van der Waals surface area (Å²) < 4.78 is 15.9. The van der Waals surface area contributed by atoms with Gasteiger partial charge in [-0.05, 0) is 6.08 Å². The lowest BCUT2D eigenvalue weighted by Crippen LogP contribution is -2.02. The number of rotatable bonds is 0. The summed E-state index contributed by atoms with van der Waals surface area (Å²) >= 11 is 0. The molecule has 2 rings (SSSR count). The Hall–Kier alpha value is -0.900. The van der Waals surface area contributed by atoms with Crippen molar-refractivity contribution < 1.29 is 8.95 Å². The van der Waals surface area contributed by atoms with Crippen LogP contribution in [0.4, 0.5) is 0 Å². The van der Waals surface area contributed by atoms with Crippen LogP contribution in [0.15, 0.2) is 27.1 Å². The van der Waals surface area contributed by atoms with Gasteiger partial charge in [-0.3, -0.25) is 0 Å². The van der Waals surface area contributed by atoms with Gasteiger partial charge in [-0.1, -0.05) is 0 Å². The van der Waals surface area contributed by atoms with Crippen LogP contribution in [0, 0.1) is 0 Å². The molecule has 0 saturated heterocycles. The normalized spacial score (nSPS) is 28.6. The summed E-state index contributed by atoms with van der Waals surface area (Å²) in [4.78, 5) is 3.84. The summed E-state index contributed by atoms with van der Waals surface area (Å²) in [5.41, 5.74) is 0.931. The zero-order valence-corrected chi connectivity index (χ0v) is 5.93. The Balaban J connectivity index is 2.46. The van der Waals surface area contributed by atoms with Gasteiger partial charge in [0.2, 0.25) is 0 Å². The predicted octanol–water partition coefficient (Wildman–Crippen LogP) is 0.532. The van der Waals surface area contributed by atoms with E-state index in [0.29, 0.717) is 11.6 Å². The van der Waals surface area contributed by atoms with Gasteiger partial charge in [0.15, 0.2) is 6.40 Å². The summed E-state index contributed by atoms with van der Waals surface area (Å²) in [5, 5.41) is 2.27. The molecule has 1 atom stereocenters. The number of aliphatic imine (C=N–C) groups is 1. The van der Waals surface area contributed by atoms with Crippen LogP contribution in [0.25, 0.3) is 0 Å². The summed E-state index contributed by atoms with van der Waals surface area (Å²) in [6.07, 6.45) is 3.13. The molecule has 0 bridgehead atoms. The van der Waals surface area contributed by atoms with Crippen LogP contribution < -0.4 is 0 Å². The van der Waals surface area contributed by atoms with Crippen LogP contribution in [-0.2, 0) is 15.5 Å². The second-order valence-electron chi connectivity index (χ2n) is 1.98. The highest BCUT2D eigenvalue weighted by Crippen LogP contribution is 2.22. The average molecular weight is 155 g/mol. The molecular formula is C6H5NO2S. The van der Waals surface area contributed by atoms with E-state index in [9.17, 15) is 4.21 Å². The van der Waals surface area contributed by atoms with Crippen molar-refractivity contribution in [2.24, 2.45) is 4.99 Å². The van der Waals surface area contributed by atoms with Gasteiger partial charge >= 0.3 is 0 Å². The smallest absolute Gasteiger partial charge is 0.175 e. The molecule has 10 heavy (non-hydrogen) atoms. The van der Waals surface area contributed by atoms with Crippen molar-refractivity contribution in [2.75, 3.05) is 6.61 Å². The summed E-state index contributed by atoms with van der Waals surface area (Å²) in [6.45, 7) is 0.501. The van der Waals surface area contributed by atoms with Crippen molar-refractivity contribution in [2.45, 2.75) is 0 Å². The molecule has 0 aromatic carbocycles. The number of hydrogen-bond acceptors (Lipinski definition) is 3. The molecule has 3 nitrogen and oxygen atoms in total. The van der Waals surface area contributed by atoms with Gasteiger partial charge in [-0.2, -0.15) is 0 Å². The number of ether oxygens (including phenoxy) is 1. The Morgan fingerprint density at radius 2 is 2.60 bits per heavy atom. The monoisotopic (exact) mass is 155 g/mol. The maximum absolute atomic E-state index is 11.0. The molecule has 0 saturated carbocycles. The molecule has 2 aliphatic heterocycles. The van der Waals surface area contributed by atoms with Crippen LogP contribution in [0.1, 0.15) is 0 Å². The minimum Gasteiger partial charge on any atom is -0.478 e. The molecule has 1 unspecified atom stereocenters. The molecule has 52 valence electrons. The molecule has 2 aliphatic rings. The van der Waals surface area contributed by atoms with Crippen molar-refractivity contribution in [3.8, 4) is 0 Å². The second kappa shape index (κ2) is 2.05. The molecular weight excluding hydrogens is 150 g/mol. The standard InChI is InChI=1S/C6H5NO2S/c8-10-2-1-5-3-9-4-7-6(5)10/h1-2,4H,3H2. The van der Waals surface area contributed by atoms with Gasteiger partial charge in [0.05, 0.1) is 10.8 Å². The molecule has 0 amide bonds. The maximum Gasteiger partial charge on any atom is 0.175 e. The van der Waals surface area contributed by atoms with Crippen molar-refractivity contribution in [3.63, 3.8) is 0 Å². The van der Waals surface area contributed by atoms with Crippen LogP contribution in [0.5, 0.6) is 0 Å². The number of nitrogens with zero attached hydrogens (tertiary/aromatic N) is 1. The summed E-state index contributed by atoms with van der Waals surface area (Å²) in [5.74, 6) is 0. The average Bonchev–Trinajstić information content (AvgIpc) is 2.34. The lowest BCUT2D eigenvalue weighted by molar-refractivity contribution is 0.353. The van der Waals surface area contributed by atoms with Crippen molar-refractivity contribution in [1.29, 1.82) is 0 Å². The third-order valence-electron chi connectivity index (χ3n) is 1.34. The second-order valence-corrected chi connectivity index (χ2v) is 3.23. The third-order valence-corrected chi connectivity index (χ3v) is 2.47. The van der Waals surface area contributed by atoms with Crippen LogP contribution in [0.3, 0.4) is 0 Å². The molecule has 0 N–H and O–H groups in total. The fraction of sp³-hybridized carbons (Fsp3) is 0.167. The molecule has 0 aromatic rings. The Morgan fingerprint density at radius 1 is 1.70 bits per heavy atom. The van der Waals surface area contributed by atoms with Gasteiger partial charge < -0.3 is 4.74 Å². The largest absolute Gasteiger partial charge is 0.478 e. The molecule has 2 heterocycles. The van der Waals surface area contributed by atoms with Gasteiger partial charge in [0.1, 0.15) is 11.6 Å². The summed E-state index contributed by atoms with van der Waals surface area (Å²) in [6, 6.07) is 0. The van der Waals surface area contributed by atoms with Gasteiger partial charge in [0.25, 0.3) is 0 Å². The topological polar surface area (TPSA) is 38.7 Å².